The molecule has 0 bridgehead atoms. The molecule has 0 amide bonds. The van der Waals surface area contributed by atoms with E-state index in [4.69, 9.17) is 17.3 Å². The molecular formula is C9H13Cl2N3O4S. The number of rotatable bonds is 6. The summed E-state index contributed by atoms with van der Waals surface area (Å²) in [7, 11) is -3.77. The van der Waals surface area contributed by atoms with Crippen molar-refractivity contribution in [2.24, 2.45) is 5.73 Å². The number of nitrogens with one attached hydrogen (secondary N) is 1. The minimum atomic E-state index is -3.77. The van der Waals surface area contributed by atoms with Crippen LogP contribution in [0.25, 0.3) is 0 Å². The first-order valence-electron chi connectivity index (χ1n) is 5.02. The molecule has 0 aliphatic rings. The van der Waals surface area contributed by atoms with Gasteiger partial charge in [0.2, 0.25) is 10.0 Å². The summed E-state index contributed by atoms with van der Waals surface area (Å²) < 4.78 is 25.9. The summed E-state index contributed by atoms with van der Waals surface area (Å²) in [6.07, 6.45) is 0.490. The van der Waals surface area contributed by atoms with Crippen molar-refractivity contribution in [2.75, 3.05) is 13.1 Å². The number of non-ortho nitro benzene ring substituents is 1. The highest BCUT2D eigenvalue weighted by Gasteiger charge is 2.19. The van der Waals surface area contributed by atoms with Crippen LogP contribution >= 0.6 is 24.0 Å². The molecule has 0 heterocycles. The minimum absolute atomic E-state index is 0. The number of halogens is 2. The van der Waals surface area contributed by atoms with Crippen LogP contribution in [0.5, 0.6) is 0 Å². The Morgan fingerprint density at radius 3 is 2.53 bits per heavy atom. The molecule has 19 heavy (non-hydrogen) atoms. The summed E-state index contributed by atoms with van der Waals surface area (Å²) in [5.41, 5.74) is 4.98. The Labute approximate surface area is 121 Å². The number of benzene rings is 1. The van der Waals surface area contributed by atoms with Crippen LogP contribution in [0.3, 0.4) is 0 Å². The molecule has 1 aromatic rings. The lowest BCUT2D eigenvalue weighted by molar-refractivity contribution is -0.384. The highest BCUT2D eigenvalue weighted by Crippen LogP contribution is 2.25. The summed E-state index contributed by atoms with van der Waals surface area (Å²) in [6, 6.07) is 3.19. The molecule has 0 aromatic heterocycles. The van der Waals surface area contributed by atoms with Gasteiger partial charge in [0.05, 0.1) is 9.95 Å². The molecule has 108 valence electrons. The van der Waals surface area contributed by atoms with Crippen molar-refractivity contribution in [3.8, 4) is 0 Å². The van der Waals surface area contributed by atoms with E-state index in [0.717, 1.165) is 18.2 Å². The zero-order valence-electron chi connectivity index (χ0n) is 9.71. The van der Waals surface area contributed by atoms with Gasteiger partial charge in [-0.2, -0.15) is 0 Å². The second-order valence-electron chi connectivity index (χ2n) is 3.41. The van der Waals surface area contributed by atoms with Crippen molar-refractivity contribution < 1.29 is 13.3 Å². The lowest BCUT2D eigenvalue weighted by Crippen LogP contribution is -2.26. The second kappa shape index (κ2) is 7.61. The third-order valence-electron chi connectivity index (χ3n) is 2.09. The van der Waals surface area contributed by atoms with Crippen LogP contribution in [0.4, 0.5) is 5.69 Å². The van der Waals surface area contributed by atoms with Crippen LogP contribution in [0.2, 0.25) is 5.02 Å². The number of nitro groups is 1. The molecule has 0 radical (unpaired) electrons. The summed E-state index contributed by atoms with van der Waals surface area (Å²) in [5.74, 6) is 0. The molecule has 10 heteroatoms. The highest BCUT2D eigenvalue weighted by atomic mass is 35.5. The first-order chi connectivity index (χ1) is 8.38. The maximum absolute atomic E-state index is 11.8. The fraction of sp³-hybridized carbons (Fsp3) is 0.333. The van der Waals surface area contributed by atoms with Crippen LogP contribution < -0.4 is 10.5 Å². The molecule has 0 saturated carbocycles. The average Bonchev–Trinajstić information content (AvgIpc) is 2.28. The van der Waals surface area contributed by atoms with Crippen molar-refractivity contribution in [2.45, 2.75) is 11.3 Å². The smallest absolute Gasteiger partial charge is 0.271 e. The molecule has 3 N–H and O–H groups in total. The number of nitrogens with two attached hydrogens (primary N) is 1. The van der Waals surface area contributed by atoms with Gasteiger partial charge in [-0.3, -0.25) is 10.1 Å². The lowest BCUT2D eigenvalue weighted by Gasteiger charge is -2.07. The van der Waals surface area contributed by atoms with Crippen LogP contribution in [0.15, 0.2) is 23.1 Å². The molecule has 0 atom stereocenters. The van der Waals surface area contributed by atoms with E-state index in [-0.39, 0.29) is 34.6 Å². The highest BCUT2D eigenvalue weighted by molar-refractivity contribution is 7.89. The third-order valence-corrected chi connectivity index (χ3v) is 4.03. The van der Waals surface area contributed by atoms with E-state index in [9.17, 15) is 18.5 Å². The summed E-state index contributed by atoms with van der Waals surface area (Å²) in [5, 5.41) is 10.3. The number of hydrogen-bond acceptors (Lipinski definition) is 5. The largest absolute Gasteiger partial charge is 0.330 e. The summed E-state index contributed by atoms with van der Waals surface area (Å²) in [4.78, 5) is 9.66. The van der Waals surface area contributed by atoms with E-state index in [1.807, 2.05) is 0 Å². The predicted octanol–water partition coefficient (Wildman–Crippen LogP) is 1.30. The standard InChI is InChI=1S/C9H12ClN3O4S.ClH/c10-8-6-7(13(14)15)2-3-9(8)18(16,17)12-5-1-4-11;/h2-3,6,12H,1,4-5,11H2;1H. The fourth-order valence-electron chi connectivity index (χ4n) is 1.21. The van der Waals surface area contributed by atoms with E-state index in [0.29, 0.717) is 13.0 Å². The Bertz CT molecular complexity index is 550. The fourth-order valence-corrected chi connectivity index (χ4v) is 2.82. The third kappa shape index (κ3) is 4.92. The number of hydrogen-bond donors (Lipinski definition) is 2. The zero-order chi connectivity index (χ0) is 13.8. The maximum Gasteiger partial charge on any atom is 0.271 e. The molecule has 0 saturated heterocycles. The van der Waals surface area contributed by atoms with Gasteiger partial charge in [-0.15, -0.1) is 12.4 Å². The molecule has 0 unspecified atom stereocenters. The Balaban J connectivity index is 0.00000324. The number of nitrogens with zero attached hydrogens (tertiary/aromatic N) is 1. The molecule has 7 nitrogen and oxygen atoms in total. The lowest BCUT2D eigenvalue weighted by atomic mass is 10.3. The van der Waals surface area contributed by atoms with Crippen LogP contribution in [0.1, 0.15) is 6.42 Å². The molecule has 1 rings (SSSR count). The first-order valence-corrected chi connectivity index (χ1v) is 6.88. The Morgan fingerprint density at radius 2 is 2.05 bits per heavy atom. The van der Waals surface area contributed by atoms with Gasteiger partial charge >= 0.3 is 0 Å². The first kappa shape index (κ1) is 18.1. The molecule has 0 spiro atoms. The monoisotopic (exact) mass is 329 g/mol. The van der Waals surface area contributed by atoms with Gasteiger partial charge in [-0.25, -0.2) is 13.1 Å². The van der Waals surface area contributed by atoms with Crippen molar-refractivity contribution in [3.63, 3.8) is 0 Å². The van der Waals surface area contributed by atoms with E-state index in [2.05, 4.69) is 4.72 Å². The van der Waals surface area contributed by atoms with Gasteiger partial charge in [-0.05, 0) is 19.0 Å². The van der Waals surface area contributed by atoms with E-state index in [1.54, 1.807) is 0 Å². The normalized spacial score (nSPS) is 10.8. The van der Waals surface area contributed by atoms with Crippen LogP contribution in [0, 0.1) is 10.1 Å². The molecule has 0 aliphatic heterocycles. The van der Waals surface area contributed by atoms with Gasteiger partial charge in [0.1, 0.15) is 4.90 Å². The summed E-state index contributed by atoms with van der Waals surface area (Å²) in [6.45, 7) is 0.544. The zero-order valence-corrected chi connectivity index (χ0v) is 12.1. The SMILES string of the molecule is Cl.NCCCNS(=O)(=O)c1ccc([N+](=O)[O-])cc1Cl. The van der Waals surface area contributed by atoms with Gasteiger partial charge in [-0.1, -0.05) is 11.6 Å². The van der Waals surface area contributed by atoms with Gasteiger partial charge in [0, 0.05) is 18.7 Å². The predicted molar refractivity (Wildman–Crippen MR) is 74.2 cm³/mol. The minimum Gasteiger partial charge on any atom is -0.330 e. The van der Waals surface area contributed by atoms with Crippen molar-refractivity contribution >= 4 is 39.7 Å². The Morgan fingerprint density at radius 1 is 1.42 bits per heavy atom. The maximum atomic E-state index is 11.8. The van der Waals surface area contributed by atoms with Crippen molar-refractivity contribution in [1.82, 2.24) is 4.72 Å². The van der Waals surface area contributed by atoms with Crippen LogP contribution in [-0.4, -0.2) is 26.4 Å². The number of sulfonamides is 1. The topological polar surface area (TPSA) is 115 Å². The number of nitro benzene ring substituents is 1. The van der Waals surface area contributed by atoms with Gasteiger partial charge in [0.25, 0.3) is 5.69 Å². The molecule has 0 fully saturated rings. The van der Waals surface area contributed by atoms with Gasteiger partial charge < -0.3 is 5.73 Å². The van der Waals surface area contributed by atoms with E-state index < -0.39 is 14.9 Å². The molecular weight excluding hydrogens is 317 g/mol. The Kier molecular flexibility index (Phi) is 7.24. The van der Waals surface area contributed by atoms with Gasteiger partial charge in [0.15, 0.2) is 0 Å². The summed E-state index contributed by atoms with van der Waals surface area (Å²) >= 11 is 5.72. The second-order valence-corrected chi connectivity index (χ2v) is 5.55. The van der Waals surface area contributed by atoms with E-state index in [1.165, 1.54) is 0 Å². The van der Waals surface area contributed by atoms with Crippen molar-refractivity contribution in [1.29, 1.82) is 0 Å². The van der Waals surface area contributed by atoms with Crippen LogP contribution in [-0.2, 0) is 10.0 Å². The van der Waals surface area contributed by atoms with E-state index >= 15 is 0 Å². The molecule has 0 aliphatic carbocycles. The Hall–Kier alpha value is -0.930. The molecule has 1 aromatic carbocycles. The average molecular weight is 330 g/mol. The van der Waals surface area contributed by atoms with Crippen molar-refractivity contribution in [3.05, 3.63) is 33.3 Å². The quantitative estimate of drug-likeness (QED) is 0.463.